The van der Waals surface area contributed by atoms with E-state index >= 15 is 0 Å². The summed E-state index contributed by atoms with van der Waals surface area (Å²) in [5.41, 5.74) is 2.95. The minimum absolute atomic E-state index is 0.00968. The van der Waals surface area contributed by atoms with E-state index in [4.69, 9.17) is 4.52 Å². The number of anilines is 1. The molecule has 1 aliphatic heterocycles. The third-order valence-electron chi connectivity index (χ3n) is 4.66. The maximum absolute atomic E-state index is 12.5. The highest BCUT2D eigenvalue weighted by molar-refractivity contribution is 5.92. The normalized spacial score (nSPS) is 18.3. The first-order chi connectivity index (χ1) is 11.2. The second-order valence-corrected chi connectivity index (χ2v) is 6.51. The Labute approximate surface area is 135 Å². The van der Waals surface area contributed by atoms with Crippen molar-refractivity contribution < 1.29 is 9.32 Å². The molecule has 0 radical (unpaired) electrons. The summed E-state index contributed by atoms with van der Waals surface area (Å²) in [4.78, 5) is 16.7. The van der Waals surface area contributed by atoms with Crippen LogP contribution in [0.5, 0.6) is 0 Å². The Morgan fingerprint density at radius 2 is 1.96 bits per heavy atom. The predicted octanol–water partition coefficient (Wildman–Crippen LogP) is 2.82. The summed E-state index contributed by atoms with van der Waals surface area (Å²) in [6.45, 7) is 5.24. The molecule has 2 heterocycles. The molecule has 0 bridgehead atoms. The van der Waals surface area contributed by atoms with E-state index in [1.54, 1.807) is 0 Å². The fourth-order valence-electron chi connectivity index (χ4n) is 3.10. The molecule has 5 nitrogen and oxygen atoms in total. The highest BCUT2D eigenvalue weighted by Crippen LogP contribution is 2.40. The number of rotatable bonds is 3. The molecule has 1 aliphatic carbocycles. The van der Waals surface area contributed by atoms with Crippen molar-refractivity contribution in [3.8, 4) is 0 Å². The quantitative estimate of drug-likeness (QED) is 0.874. The standard InChI is InChI=1S/C18H21N3O2/c1-13-3-2-4-15(11-13)20-7-9-21(10-8-20)18(22)16-12-17(23-19-16)14-5-6-14/h2-4,11-12,14H,5-10H2,1H3. The Bertz CT molecular complexity index is 713. The molecule has 23 heavy (non-hydrogen) atoms. The summed E-state index contributed by atoms with van der Waals surface area (Å²) in [6, 6.07) is 10.3. The fraction of sp³-hybridized carbons (Fsp3) is 0.444. The van der Waals surface area contributed by atoms with Crippen LogP contribution in [0.1, 0.15) is 40.6 Å². The number of hydrogen-bond acceptors (Lipinski definition) is 4. The van der Waals surface area contributed by atoms with Crippen LogP contribution in [0.3, 0.4) is 0 Å². The molecule has 1 amide bonds. The van der Waals surface area contributed by atoms with E-state index in [9.17, 15) is 4.79 Å². The molecule has 1 aromatic carbocycles. The average Bonchev–Trinajstić information content (AvgIpc) is 3.32. The summed E-state index contributed by atoms with van der Waals surface area (Å²) in [5, 5.41) is 3.96. The monoisotopic (exact) mass is 311 g/mol. The van der Waals surface area contributed by atoms with E-state index < -0.39 is 0 Å². The molecule has 0 N–H and O–H groups in total. The number of hydrogen-bond donors (Lipinski definition) is 0. The minimum Gasteiger partial charge on any atom is -0.368 e. The van der Waals surface area contributed by atoms with Gasteiger partial charge in [-0.25, -0.2) is 0 Å². The molecule has 2 fully saturated rings. The van der Waals surface area contributed by atoms with Gasteiger partial charge in [0.25, 0.3) is 5.91 Å². The van der Waals surface area contributed by atoms with E-state index in [-0.39, 0.29) is 5.91 Å². The van der Waals surface area contributed by atoms with Crippen molar-refractivity contribution in [2.24, 2.45) is 0 Å². The molecule has 5 heteroatoms. The number of piperazine rings is 1. The first-order valence-electron chi connectivity index (χ1n) is 8.28. The zero-order chi connectivity index (χ0) is 15.8. The van der Waals surface area contributed by atoms with Crippen LogP contribution >= 0.6 is 0 Å². The summed E-state index contributed by atoms with van der Waals surface area (Å²) in [5.74, 6) is 1.35. The van der Waals surface area contributed by atoms with Crippen LogP contribution in [0.15, 0.2) is 34.9 Å². The van der Waals surface area contributed by atoms with Crippen molar-refractivity contribution in [2.45, 2.75) is 25.7 Å². The lowest BCUT2D eigenvalue weighted by molar-refractivity contribution is 0.0736. The number of aryl methyl sites for hydroxylation is 1. The van der Waals surface area contributed by atoms with Gasteiger partial charge in [0.1, 0.15) is 5.76 Å². The third kappa shape index (κ3) is 2.96. The van der Waals surface area contributed by atoms with Crippen molar-refractivity contribution >= 4 is 11.6 Å². The summed E-state index contributed by atoms with van der Waals surface area (Å²) < 4.78 is 5.30. The molecule has 2 aliphatic rings. The van der Waals surface area contributed by atoms with Gasteiger partial charge < -0.3 is 14.3 Å². The zero-order valence-corrected chi connectivity index (χ0v) is 13.4. The van der Waals surface area contributed by atoms with Gasteiger partial charge >= 0.3 is 0 Å². The zero-order valence-electron chi connectivity index (χ0n) is 13.4. The molecular formula is C18H21N3O2. The summed E-state index contributed by atoms with van der Waals surface area (Å²) in [6.07, 6.45) is 2.30. The van der Waals surface area contributed by atoms with Crippen LogP contribution < -0.4 is 4.90 Å². The average molecular weight is 311 g/mol. The number of aromatic nitrogens is 1. The Balaban J connectivity index is 1.39. The molecule has 0 atom stereocenters. The molecule has 1 saturated carbocycles. The van der Waals surface area contributed by atoms with E-state index in [1.807, 2.05) is 11.0 Å². The van der Waals surface area contributed by atoms with Crippen LogP contribution in [0.4, 0.5) is 5.69 Å². The molecule has 0 unspecified atom stereocenters. The SMILES string of the molecule is Cc1cccc(N2CCN(C(=O)c3cc(C4CC4)on3)CC2)c1. The fourth-order valence-corrected chi connectivity index (χ4v) is 3.10. The smallest absolute Gasteiger partial charge is 0.276 e. The van der Waals surface area contributed by atoms with Gasteiger partial charge in [0.15, 0.2) is 5.69 Å². The first-order valence-corrected chi connectivity index (χ1v) is 8.28. The molecule has 0 spiro atoms. The maximum atomic E-state index is 12.5. The van der Waals surface area contributed by atoms with Crippen molar-refractivity contribution in [3.63, 3.8) is 0 Å². The van der Waals surface area contributed by atoms with Gasteiger partial charge in [-0.2, -0.15) is 0 Å². The number of nitrogens with zero attached hydrogens (tertiary/aromatic N) is 3. The van der Waals surface area contributed by atoms with Crippen molar-refractivity contribution in [1.82, 2.24) is 10.1 Å². The highest BCUT2D eigenvalue weighted by Gasteiger charge is 2.30. The van der Waals surface area contributed by atoms with Crippen molar-refractivity contribution in [1.29, 1.82) is 0 Å². The Morgan fingerprint density at radius 3 is 2.65 bits per heavy atom. The van der Waals surface area contributed by atoms with Crippen LogP contribution in [0.25, 0.3) is 0 Å². The largest absolute Gasteiger partial charge is 0.368 e. The lowest BCUT2D eigenvalue weighted by Crippen LogP contribution is -2.48. The molecule has 120 valence electrons. The first kappa shape index (κ1) is 14.3. The van der Waals surface area contributed by atoms with Gasteiger partial charge in [0.2, 0.25) is 0 Å². The van der Waals surface area contributed by atoms with Crippen LogP contribution in [0, 0.1) is 6.92 Å². The van der Waals surface area contributed by atoms with Crippen molar-refractivity contribution in [3.05, 3.63) is 47.3 Å². The van der Waals surface area contributed by atoms with Crippen LogP contribution in [-0.2, 0) is 0 Å². The van der Waals surface area contributed by atoms with Crippen LogP contribution in [-0.4, -0.2) is 42.1 Å². The van der Waals surface area contributed by atoms with Gasteiger partial charge in [-0.05, 0) is 37.5 Å². The highest BCUT2D eigenvalue weighted by atomic mass is 16.5. The summed E-state index contributed by atoms with van der Waals surface area (Å²) in [7, 11) is 0. The van der Waals surface area contributed by atoms with Gasteiger partial charge in [-0.3, -0.25) is 4.79 Å². The summed E-state index contributed by atoms with van der Waals surface area (Å²) >= 11 is 0. The number of carbonyl (C=O) groups is 1. The molecule has 2 aromatic rings. The maximum Gasteiger partial charge on any atom is 0.276 e. The third-order valence-corrected chi connectivity index (χ3v) is 4.66. The lowest BCUT2D eigenvalue weighted by atomic mass is 10.2. The Hall–Kier alpha value is -2.30. The topological polar surface area (TPSA) is 49.6 Å². The van der Waals surface area contributed by atoms with Gasteiger partial charge in [0, 0.05) is 43.9 Å². The lowest BCUT2D eigenvalue weighted by Gasteiger charge is -2.35. The molecule has 4 rings (SSSR count). The number of amides is 1. The number of carbonyl (C=O) groups excluding carboxylic acids is 1. The van der Waals surface area contributed by atoms with Gasteiger partial charge in [-0.1, -0.05) is 17.3 Å². The molecular weight excluding hydrogens is 290 g/mol. The predicted molar refractivity (Wildman–Crippen MR) is 87.8 cm³/mol. The Kier molecular flexibility index (Phi) is 3.56. The van der Waals surface area contributed by atoms with Gasteiger partial charge in [0.05, 0.1) is 0 Å². The van der Waals surface area contributed by atoms with E-state index in [0.717, 1.165) is 44.8 Å². The van der Waals surface area contributed by atoms with Gasteiger partial charge in [-0.15, -0.1) is 0 Å². The van der Waals surface area contributed by atoms with Crippen LogP contribution in [0.2, 0.25) is 0 Å². The second-order valence-electron chi connectivity index (χ2n) is 6.51. The minimum atomic E-state index is -0.00968. The Morgan fingerprint density at radius 1 is 1.17 bits per heavy atom. The van der Waals surface area contributed by atoms with E-state index in [2.05, 4.69) is 41.2 Å². The van der Waals surface area contributed by atoms with Crippen molar-refractivity contribution in [2.75, 3.05) is 31.1 Å². The second kappa shape index (κ2) is 5.72. The molecule has 1 aromatic heterocycles. The number of benzene rings is 1. The van der Waals surface area contributed by atoms with E-state index in [0.29, 0.717) is 11.6 Å². The van der Waals surface area contributed by atoms with E-state index in [1.165, 1.54) is 11.3 Å². The molecule has 1 saturated heterocycles.